The van der Waals surface area contributed by atoms with E-state index in [0.29, 0.717) is 0 Å². The topological polar surface area (TPSA) is 44.9 Å². The summed E-state index contributed by atoms with van der Waals surface area (Å²) < 4.78 is 11.1. The van der Waals surface area contributed by atoms with Gasteiger partial charge in [0.1, 0.15) is 17.3 Å². The minimum atomic E-state index is 0.777. The fourth-order valence-corrected chi connectivity index (χ4v) is 7.42. The van der Waals surface area contributed by atoms with Crippen molar-refractivity contribution in [1.29, 1.82) is 0 Å². The van der Waals surface area contributed by atoms with Crippen LogP contribution in [0.4, 0.5) is 0 Å². The number of aromatic nitrogens is 4. The van der Waals surface area contributed by atoms with Crippen molar-refractivity contribution in [2.45, 2.75) is 81.1 Å². The Labute approximate surface area is 290 Å². The van der Waals surface area contributed by atoms with E-state index >= 15 is 0 Å². The van der Waals surface area contributed by atoms with Crippen LogP contribution in [0.15, 0.2) is 85.1 Å². The van der Waals surface area contributed by atoms with Gasteiger partial charge in [-0.2, -0.15) is 5.10 Å². The molecule has 0 bridgehead atoms. The number of fused-ring (bicyclic) bond motifs is 3. The number of pyridine rings is 1. The molecule has 0 N–H and O–H groups in total. The summed E-state index contributed by atoms with van der Waals surface area (Å²) in [7, 11) is 0. The molecule has 0 aliphatic rings. The van der Waals surface area contributed by atoms with E-state index in [2.05, 4.69) is 131 Å². The first-order valence-electron chi connectivity index (χ1n) is 17.6. The lowest BCUT2D eigenvalue weighted by atomic mass is 9.84. The summed E-state index contributed by atoms with van der Waals surface area (Å²) in [6, 6.07) is 27.4. The third-order valence-corrected chi connectivity index (χ3v) is 10.5. The molecule has 0 atom stereocenters. The summed E-state index contributed by atoms with van der Waals surface area (Å²) >= 11 is 0. The van der Waals surface area contributed by atoms with Crippen molar-refractivity contribution < 1.29 is 4.74 Å². The van der Waals surface area contributed by atoms with Crippen LogP contribution >= 0.6 is 0 Å². The molecule has 49 heavy (non-hydrogen) atoms. The van der Waals surface area contributed by atoms with Gasteiger partial charge in [-0.3, -0.25) is 4.57 Å². The Hall–Kier alpha value is -5.16. The molecule has 3 heterocycles. The zero-order valence-corrected chi connectivity index (χ0v) is 30.1. The first kappa shape index (κ1) is 32.4. The van der Waals surface area contributed by atoms with Gasteiger partial charge in [0.05, 0.1) is 28.1 Å². The summed E-state index contributed by atoms with van der Waals surface area (Å²) in [5.74, 6) is 2.45. The molecule has 5 nitrogen and oxygen atoms in total. The molecule has 0 saturated heterocycles. The maximum atomic E-state index is 6.64. The second kappa shape index (κ2) is 13.0. The predicted octanol–water partition coefficient (Wildman–Crippen LogP) is 11.6. The molecule has 248 valence electrons. The zero-order chi connectivity index (χ0) is 34.4. The molecule has 0 radical (unpaired) electrons. The average molecular weight is 647 g/mol. The molecule has 0 saturated carbocycles. The summed E-state index contributed by atoms with van der Waals surface area (Å²) in [6.07, 6.45) is 5.93. The number of hydrogen-bond acceptors (Lipinski definition) is 3. The minimum absolute atomic E-state index is 0.777. The van der Waals surface area contributed by atoms with Gasteiger partial charge in [0.15, 0.2) is 0 Å². The van der Waals surface area contributed by atoms with Crippen molar-refractivity contribution in [3.05, 3.63) is 130 Å². The average Bonchev–Trinajstić information content (AvgIpc) is 3.64. The van der Waals surface area contributed by atoms with Crippen molar-refractivity contribution >= 4 is 21.8 Å². The van der Waals surface area contributed by atoms with E-state index in [1.54, 1.807) is 0 Å². The predicted molar refractivity (Wildman–Crippen MR) is 204 cm³/mol. The van der Waals surface area contributed by atoms with Gasteiger partial charge in [-0.05, 0) is 142 Å². The molecule has 0 aliphatic carbocycles. The Balaban J connectivity index is 1.33. The van der Waals surface area contributed by atoms with E-state index in [4.69, 9.17) is 14.8 Å². The van der Waals surface area contributed by atoms with E-state index in [1.165, 1.54) is 61.0 Å². The lowest BCUT2D eigenvalue weighted by Gasteiger charge is -2.20. The standard InChI is InChI=1S/C44H46N4O/c1-9-11-18-40-44(43-31(7)29(5)28(4)30(6)32(43)8)38(10-2)46-48(40)33-15-14-16-34(25-33)49-35-20-21-37-36-17-12-13-19-39(36)47(41(37)26-35)42-24-27(3)22-23-45-42/h12-17,19-26H,9-11,18H2,1-8H3. The Morgan fingerprint density at radius 2 is 1.37 bits per heavy atom. The van der Waals surface area contributed by atoms with Gasteiger partial charge >= 0.3 is 0 Å². The van der Waals surface area contributed by atoms with Crippen molar-refractivity contribution in [3.8, 4) is 34.1 Å². The summed E-state index contributed by atoms with van der Waals surface area (Å²) in [4.78, 5) is 4.75. The summed E-state index contributed by atoms with van der Waals surface area (Å²) in [5.41, 5.74) is 16.3. The van der Waals surface area contributed by atoms with Crippen LogP contribution in [0.1, 0.15) is 71.5 Å². The molecule has 0 unspecified atom stereocenters. The highest BCUT2D eigenvalue weighted by molar-refractivity contribution is 6.09. The van der Waals surface area contributed by atoms with Crippen LogP contribution in [-0.4, -0.2) is 19.3 Å². The van der Waals surface area contributed by atoms with Crippen LogP contribution in [0.2, 0.25) is 0 Å². The Morgan fingerprint density at radius 1 is 0.653 bits per heavy atom. The van der Waals surface area contributed by atoms with Gasteiger partial charge in [0.2, 0.25) is 0 Å². The molecule has 0 fully saturated rings. The van der Waals surface area contributed by atoms with E-state index in [0.717, 1.165) is 65.4 Å². The maximum Gasteiger partial charge on any atom is 0.137 e. The molecular weight excluding hydrogens is 601 g/mol. The van der Waals surface area contributed by atoms with Crippen LogP contribution in [0.5, 0.6) is 11.5 Å². The SMILES string of the molecule is CCCCc1c(-c2c(C)c(C)c(C)c(C)c2C)c(CC)nn1-c1cccc(Oc2ccc3c4ccccc4n(-c4cc(C)ccn4)c3c2)c1. The third-order valence-electron chi connectivity index (χ3n) is 10.5. The normalized spacial score (nSPS) is 11.6. The van der Waals surface area contributed by atoms with Gasteiger partial charge in [-0.1, -0.05) is 44.5 Å². The van der Waals surface area contributed by atoms with Gasteiger partial charge in [0, 0.05) is 34.7 Å². The molecule has 0 aliphatic heterocycles. The Bertz CT molecular complexity index is 2330. The van der Waals surface area contributed by atoms with Gasteiger partial charge in [-0.25, -0.2) is 9.67 Å². The highest BCUT2D eigenvalue weighted by Crippen LogP contribution is 2.40. The number of unbranched alkanes of at least 4 members (excludes halogenated alkanes) is 1. The number of hydrogen-bond donors (Lipinski definition) is 0. The summed E-state index contributed by atoms with van der Waals surface area (Å²) in [5, 5.41) is 7.67. The quantitative estimate of drug-likeness (QED) is 0.157. The number of ether oxygens (including phenoxy) is 1. The van der Waals surface area contributed by atoms with Crippen LogP contribution in [0, 0.1) is 41.5 Å². The van der Waals surface area contributed by atoms with E-state index < -0.39 is 0 Å². The first-order chi connectivity index (χ1) is 23.7. The largest absolute Gasteiger partial charge is 0.457 e. The van der Waals surface area contributed by atoms with Gasteiger partial charge in [-0.15, -0.1) is 0 Å². The fourth-order valence-electron chi connectivity index (χ4n) is 7.42. The molecule has 0 spiro atoms. The van der Waals surface area contributed by atoms with Crippen molar-refractivity contribution in [3.63, 3.8) is 0 Å². The van der Waals surface area contributed by atoms with Crippen LogP contribution < -0.4 is 4.74 Å². The number of nitrogens with zero attached hydrogens (tertiary/aromatic N) is 4. The van der Waals surface area contributed by atoms with E-state index in [1.807, 2.05) is 18.3 Å². The third kappa shape index (κ3) is 5.61. The van der Waals surface area contributed by atoms with E-state index in [9.17, 15) is 0 Å². The molecule has 7 aromatic rings. The van der Waals surface area contributed by atoms with Crippen molar-refractivity contribution in [2.24, 2.45) is 0 Å². The monoisotopic (exact) mass is 646 g/mol. The maximum absolute atomic E-state index is 6.64. The highest BCUT2D eigenvalue weighted by atomic mass is 16.5. The molecular formula is C44H46N4O. The zero-order valence-electron chi connectivity index (χ0n) is 30.1. The Kier molecular flexibility index (Phi) is 8.62. The molecule has 4 aromatic carbocycles. The second-order valence-corrected chi connectivity index (χ2v) is 13.5. The Morgan fingerprint density at radius 3 is 2.10 bits per heavy atom. The number of benzene rings is 4. The lowest BCUT2D eigenvalue weighted by molar-refractivity contribution is 0.482. The summed E-state index contributed by atoms with van der Waals surface area (Å²) in [6.45, 7) is 17.9. The smallest absolute Gasteiger partial charge is 0.137 e. The fraction of sp³-hybridized carbons (Fsp3) is 0.273. The van der Waals surface area contributed by atoms with Crippen LogP contribution in [-0.2, 0) is 12.8 Å². The second-order valence-electron chi connectivity index (χ2n) is 13.5. The highest BCUT2D eigenvalue weighted by Gasteiger charge is 2.24. The lowest BCUT2D eigenvalue weighted by Crippen LogP contribution is -2.05. The van der Waals surface area contributed by atoms with Crippen molar-refractivity contribution in [2.75, 3.05) is 0 Å². The molecule has 7 rings (SSSR count). The van der Waals surface area contributed by atoms with Gasteiger partial charge in [0.25, 0.3) is 0 Å². The van der Waals surface area contributed by atoms with Crippen LogP contribution in [0.25, 0.3) is 44.4 Å². The number of para-hydroxylation sites is 1. The van der Waals surface area contributed by atoms with E-state index in [-0.39, 0.29) is 0 Å². The van der Waals surface area contributed by atoms with Gasteiger partial charge < -0.3 is 4.74 Å². The molecule has 3 aromatic heterocycles. The number of rotatable bonds is 9. The minimum Gasteiger partial charge on any atom is -0.457 e. The number of aryl methyl sites for hydroxylation is 2. The van der Waals surface area contributed by atoms with Crippen molar-refractivity contribution in [1.82, 2.24) is 19.3 Å². The first-order valence-corrected chi connectivity index (χ1v) is 17.6. The molecule has 0 amide bonds. The molecule has 5 heteroatoms. The van der Waals surface area contributed by atoms with Crippen LogP contribution in [0.3, 0.4) is 0 Å².